The van der Waals surface area contributed by atoms with Gasteiger partial charge in [0, 0.05) is 0 Å². The number of aliphatic hydroxyl groups is 1. The van der Waals surface area contributed by atoms with E-state index in [4.69, 9.17) is 24.8 Å². The monoisotopic (exact) mass is 444 g/mol. The largest absolute Gasteiger partial charge is 0.532 e. The number of anilines is 1. The van der Waals surface area contributed by atoms with Crippen molar-refractivity contribution in [2.75, 3.05) is 12.3 Å². The Balaban J connectivity index is 1.77. The summed E-state index contributed by atoms with van der Waals surface area (Å²) in [5, 5.41) is 10.1. The van der Waals surface area contributed by atoms with Gasteiger partial charge in [0.05, 0.1) is 6.33 Å². The minimum atomic E-state index is -4.85. The van der Waals surface area contributed by atoms with Gasteiger partial charge in [0.25, 0.3) is 5.56 Å². The molecule has 13 nitrogen and oxygen atoms in total. The summed E-state index contributed by atoms with van der Waals surface area (Å²) < 4.78 is 40.6. The van der Waals surface area contributed by atoms with Crippen LogP contribution in [-0.4, -0.2) is 59.4 Å². The summed E-state index contributed by atoms with van der Waals surface area (Å²) in [6, 6.07) is 0. The average Bonchev–Trinajstić information content (AvgIpc) is 3.07. The van der Waals surface area contributed by atoms with Crippen LogP contribution in [0.15, 0.2) is 11.1 Å². The lowest BCUT2D eigenvalue weighted by molar-refractivity contribution is -0.0457. The van der Waals surface area contributed by atoms with Gasteiger partial charge in [0.2, 0.25) is 17.8 Å². The van der Waals surface area contributed by atoms with E-state index in [9.17, 15) is 18.9 Å². The highest BCUT2D eigenvalue weighted by atomic mass is 32.4. The van der Waals surface area contributed by atoms with Gasteiger partial charge in [-0.2, -0.15) is 4.98 Å². The van der Waals surface area contributed by atoms with Crippen molar-refractivity contribution in [2.45, 2.75) is 24.6 Å². The first-order valence-corrected chi connectivity index (χ1v) is 10.8. The summed E-state index contributed by atoms with van der Waals surface area (Å²) in [6.07, 6.45) is -5.09. The van der Waals surface area contributed by atoms with E-state index < -0.39 is 51.7 Å². The van der Waals surface area contributed by atoms with Gasteiger partial charge < -0.3 is 25.4 Å². The molecule has 1 fully saturated rings. The molecule has 1 aliphatic rings. The van der Waals surface area contributed by atoms with Crippen molar-refractivity contribution in [1.82, 2.24) is 19.5 Å². The van der Waals surface area contributed by atoms with E-state index in [1.807, 2.05) is 0 Å². The number of imidazole rings is 1. The molecule has 2 aromatic rings. The fourth-order valence-electron chi connectivity index (χ4n) is 2.45. The molecule has 0 spiro atoms. The Hall–Kier alpha value is -1.41. The Kier molecular flexibility index (Phi) is 5.68. The third-order valence-corrected chi connectivity index (χ3v) is 6.19. The molecule has 2 aromatic heterocycles. The maximum absolute atomic E-state index is 14.3. The zero-order valence-corrected chi connectivity index (χ0v) is 15.7. The van der Waals surface area contributed by atoms with Crippen molar-refractivity contribution >= 4 is 43.9 Å². The van der Waals surface area contributed by atoms with Gasteiger partial charge in [-0.1, -0.05) is 0 Å². The molecular formula is C10H13FN5O8P2S+. The normalized spacial score (nSPS) is 26.6. The lowest BCUT2D eigenvalue weighted by Gasteiger charge is -2.16. The third-order valence-electron chi connectivity index (χ3n) is 3.53. The second-order valence-corrected chi connectivity index (χ2v) is 8.60. The fourth-order valence-corrected chi connectivity index (χ4v) is 4.56. The number of hydrogen-bond acceptors (Lipinski definition) is 10. The first-order valence-electron chi connectivity index (χ1n) is 7.12. The van der Waals surface area contributed by atoms with Crippen LogP contribution in [0, 0.1) is 0 Å². The molecule has 0 aliphatic carbocycles. The van der Waals surface area contributed by atoms with Crippen molar-refractivity contribution in [3.63, 3.8) is 0 Å². The topological polar surface area (TPSA) is 195 Å². The highest BCUT2D eigenvalue weighted by Gasteiger charge is 2.47. The number of nitrogen functional groups attached to an aromatic ring is 1. The first kappa shape index (κ1) is 20.3. The number of halogens is 1. The van der Waals surface area contributed by atoms with E-state index in [1.165, 1.54) is 0 Å². The number of fused-ring (bicyclic) bond motifs is 1. The molecular weight excluding hydrogens is 431 g/mol. The van der Waals surface area contributed by atoms with Crippen molar-refractivity contribution in [2.24, 2.45) is 0 Å². The van der Waals surface area contributed by atoms with Crippen molar-refractivity contribution < 1.29 is 37.4 Å². The highest BCUT2D eigenvalue weighted by molar-refractivity contribution is 8.02. The van der Waals surface area contributed by atoms with Crippen LogP contribution in [-0.2, 0) is 29.9 Å². The zero-order chi connectivity index (χ0) is 19.9. The van der Waals surface area contributed by atoms with Crippen molar-refractivity contribution in [3.05, 3.63) is 16.7 Å². The smallest absolute Gasteiger partial charge is 0.385 e. The first-order chi connectivity index (χ1) is 12.6. The molecule has 6 N–H and O–H groups in total. The third kappa shape index (κ3) is 4.37. The van der Waals surface area contributed by atoms with E-state index >= 15 is 0 Å². The van der Waals surface area contributed by atoms with E-state index in [2.05, 4.69) is 31.1 Å². The Morgan fingerprint density at radius 2 is 2.26 bits per heavy atom. The number of nitrogens with two attached hydrogens (primary N) is 1. The number of aliphatic hydroxyl groups excluding tert-OH is 1. The van der Waals surface area contributed by atoms with Crippen LogP contribution in [0.3, 0.4) is 0 Å². The maximum Gasteiger partial charge on any atom is 0.532 e. The van der Waals surface area contributed by atoms with Gasteiger partial charge in [-0.15, -0.1) is 4.52 Å². The van der Waals surface area contributed by atoms with Gasteiger partial charge in [-0.05, 0) is 4.31 Å². The van der Waals surface area contributed by atoms with Gasteiger partial charge in [-0.3, -0.25) is 14.3 Å². The molecule has 0 radical (unpaired) electrons. The molecule has 148 valence electrons. The number of H-pyrrole nitrogens is 1. The summed E-state index contributed by atoms with van der Waals surface area (Å²) in [5.74, 6) is -0.204. The van der Waals surface area contributed by atoms with Gasteiger partial charge in [0.15, 0.2) is 23.6 Å². The summed E-state index contributed by atoms with van der Waals surface area (Å²) in [5.41, 5.74) is 4.75. The number of phosphoric acid groups is 1. The van der Waals surface area contributed by atoms with E-state index in [0.29, 0.717) is 0 Å². The van der Waals surface area contributed by atoms with Gasteiger partial charge in [-0.25, -0.2) is 13.9 Å². The molecule has 0 aromatic carbocycles. The van der Waals surface area contributed by atoms with Crippen molar-refractivity contribution in [1.29, 1.82) is 0 Å². The Labute approximate surface area is 155 Å². The van der Waals surface area contributed by atoms with E-state index in [-0.39, 0.29) is 17.1 Å². The van der Waals surface area contributed by atoms with Crippen LogP contribution in [0.5, 0.6) is 0 Å². The van der Waals surface area contributed by atoms with Crippen LogP contribution in [0.4, 0.5) is 10.3 Å². The summed E-state index contributed by atoms with van der Waals surface area (Å²) >= 11 is 4.60. The number of nitrogens with one attached hydrogen (secondary N) is 1. The quantitative estimate of drug-likeness (QED) is 0.349. The molecule has 0 amide bonds. The number of aromatic nitrogens is 4. The van der Waals surface area contributed by atoms with Gasteiger partial charge in [0.1, 0.15) is 18.8 Å². The van der Waals surface area contributed by atoms with Crippen LogP contribution < -0.4 is 11.3 Å². The maximum atomic E-state index is 14.3. The Morgan fingerprint density at radius 1 is 1.56 bits per heavy atom. The number of ether oxygens (including phenoxy) is 1. The van der Waals surface area contributed by atoms with Gasteiger partial charge >= 0.3 is 15.0 Å². The van der Waals surface area contributed by atoms with Crippen LogP contribution in [0.25, 0.3) is 11.2 Å². The molecule has 1 saturated heterocycles. The number of nitrogens with zero attached hydrogens (tertiary/aromatic N) is 3. The molecule has 1 aliphatic heterocycles. The number of alkyl halides is 1. The number of hydrogen-bond donors (Lipinski definition) is 5. The average molecular weight is 444 g/mol. The molecule has 3 heterocycles. The lowest BCUT2D eigenvalue weighted by atomic mass is 10.1. The number of aromatic amines is 1. The van der Waals surface area contributed by atoms with E-state index in [0.717, 1.165) is 10.9 Å². The predicted molar refractivity (Wildman–Crippen MR) is 90.7 cm³/mol. The molecule has 1 unspecified atom stereocenters. The minimum Gasteiger partial charge on any atom is -0.385 e. The standard InChI is InChI=1S/C10H12FN5O8P2S/c11-4-3(1-22-25(27)24-26(19,20)21)23-9(6(4)17)16-2-13-5-7(16)14-10(12)15-8(5)18/h2-4,6,9,17H,1H2,(H4-,12,14,15,18,19,20,21)/p+1/t3-,4+,6+,9-/m1/s1. The van der Waals surface area contributed by atoms with Crippen LogP contribution in [0.1, 0.15) is 6.23 Å². The van der Waals surface area contributed by atoms with Crippen molar-refractivity contribution in [3.8, 4) is 0 Å². The lowest BCUT2D eigenvalue weighted by Crippen LogP contribution is -2.29. The second-order valence-electron chi connectivity index (χ2n) is 5.37. The molecule has 0 bridgehead atoms. The Morgan fingerprint density at radius 3 is 2.93 bits per heavy atom. The summed E-state index contributed by atoms with van der Waals surface area (Å²) in [6.45, 7) is -0.535. The van der Waals surface area contributed by atoms with E-state index in [1.54, 1.807) is 0 Å². The van der Waals surface area contributed by atoms with Crippen LogP contribution in [0.2, 0.25) is 0 Å². The number of rotatable bonds is 6. The molecule has 3 rings (SSSR count). The summed E-state index contributed by atoms with van der Waals surface area (Å²) in [7, 11) is -7.26. The molecule has 27 heavy (non-hydrogen) atoms. The molecule has 5 atom stereocenters. The minimum absolute atomic E-state index is 0.0237. The Bertz CT molecular complexity index is 980. The fraction of sp³-hybridized carbons (Fsp3) is 0.500. The second kappa shape index (κ2) is 7.54. The molecule has 17 heteroatoms. The SMILES string of the molecule is Nc1nc2c(ncn2[C@@H]2O[C@H](CO[P+](=S)OP(=O)(O)O)[C@H](F)[C@@H]2O)c(=O)[nH]1. The highest BCUT2D eigenvalue weighted by Crippen LogP contribution is 2.48. The zero-order valence-electron chi connectivity index (χ0n) is 13.1. The predicted octanol–water partition coefficient (Wildman–Crippen LogP) is -0.802. The summed E-state index contributed by atoms with van der Waals surface area (Å²) in [4.78, 5) is 39.1. The molecule has 0 saturated carbocycles. The van der Waals surface area contributed by atoms with Crippen LogP contribution >= 0.6 is 15.0 Å².